The first kappa shape index (κ1) is 29.6. The van der Waals surface area contributed by atoms with Gasteiger partial charge in [0.25, 0.3) is 0 Å². The maximum absolute atomic E-state index is 13.1. The minimum Gasteiger partial charge on any atom is -0.508 e. The molecule has 0 aliphatic heterocycles. The molecule has 0 aliphatic rings. The number of carboxylic acids is 2. The summed E-state index contributed by atoms with van der Waals surface area (Å²) in [6, 6.07) is 7.45. The molecule has 3 amide bonds. The summed E-state index contributed by atoms with van der Waals surface area (Å²) in [4.78, 5) is 60.9. The predicted octanol–water partition coefficient (Wildman–Crippen LogP) is -0.754. The summed E-state index contributed by atoms with van der Waals surface area (Å²) in [6.45, 7) is -0.417. The van der Waals surface area contributed by atoms with Crippen molar-refractivity contribution in [2.24, 2.45) is 5.73 Å². The second kappa shape index (κ2) is 14.2. The minimum atomic E-state index is -1.43. The van der Waals surface area contributed by atoms with Crippen LogP contribution >= 0.6 is 0 Å². The number of hydrogen-bond acceptors (Lipinski definition) is 8. The van der Waals surface area contributed by atoms with Crippen LogP contribution in [0, 0.1) is 0 Å². The fourth-order valence-electron chi connectivity index (χ4n) is 3.48. The van der Waals surface area contributed by atoms with Crippen molar-refractivity contribution >= 4 is 29.7 Å². The molecular formula is C25H30N4O9. The lowest BCUT2D eigenvalue weighted by Gasteiger charge is -2.24. The highest BCUT2D eigenvalue weighted by Gasteiger charge is 2.30. The molecule has 0 saturated heterocycles. The van der Waals surface area contributed by atoms with Crippen molar-refractivity contribution in [3.8, 4) is 11.5 Å². The van der Waals surface area contributed by atoms with E-state index in [9.17, 15) is 39.3 Å². The highest BCUT2D eigenvalue weighted by atomic mass is 16.4. The Bertz CT molecular complexity index is 1140. The number of aromatic hydroxyl groups is 2. The first-order valence-electron chi connectivity index (χ1n) is 11.6. The van der Waals surface area contributed by atoms with Gasteiger partial charge in [0.2, 0.25) is 17.7 Å². The van der Waals surface area contributed by atoms with E-state index < -0.39 is 60.8 Å². The Morgan fingerprint density at radius 3 is 1.58 bits per heavy atom. The summed E-state index contributed by atoms with van der Waals surface area (Å²) in [5.41, 5.74) is 6.41. The Hall–Kier alpha value is -4.65. The van der Waals surface area contributed by atoms with Crippen molar-refractivity contribution in [3.63, 3.8) is 0 Å². The van der Waals surface area contributed by atoms with E-state index in [0.29, 0.717) is 11.1 Å². The molecule has 0 heterocycles. The number of hydrogen-bond donors (Lipinski definition) is 8. The lowest BCUT2D eigenvalue weighted by molar-refractivity contribution is -0.143. The zero-order chi connectivity index (χ0) is 28.2. The van der Waals surface area contributed by atoms with Crippen LogP contribution < -0.4 is 21.7 Å². The molecule has 2 aromatic rings. The van der Waals surface area contributed by atoms with Gasteiger partial charge in [0, 0.05) is 19.3 Å². The SMILES string of the molecule is NCC(=O)NC(Cc1ccc(O)cc1)C(=O)NC(CCC(=O)O)C(=O)NC(Cc1ccc(O)cc1)C(=O)O. The average Bonchev–Trinajstić information content (AvgIpc) is 2.87. The number of nitrogens with two attached hydrogens (primary N) is 1. The second-order valence-electron chi connectivity index (χ2n) is 8.46. The summed E-state index contributed by atoms with van der Waals surface area (Å²) >= 11 is 0. The Balaban J connectivity index is 2.20. The van der Waals surface area contributed by atoms with Crippen LogP contribution in [-0.4, -0.2) is 74.8 Å². The first-order valence-corrected chi connectivity index (χ1v) is 11.6. The van der Waals surface area contributed by atoms with Gasteiger partial charge in [-0.3, -0.25) is 19.2 Å². The van der Waals surface area contributed by atoms with Gasteiger partial charge in [-0.1, -0.05) is 24.3 Å². The van der Waals surface area contributed by atoms with E-state index in [0.717, 1.165) is 0 Å². The van der Waals surface area contributed by atoms with Crippen molar-refractivity contribution in [3.05, 3.63) is 59.7 Å². The summed E-state index contributed by atoms with van der Waals surface area (Å²) in [5.74, 6) is -5.05. The normalized spacial score (nSPS) is 13.0. The Labute approximate surface area is 217 Å². The third kappa shape index (κ3) is 9.78. The van der Waals surface area contributed by atoms with E-state index in [1.807, 2.05) is 0 Å². The average molecular weight is 531 g/mol. The lowest BCUT2D eigenvalue weighted by atomic mass is 10.0. The largest absolute Gasteiger partial charge is 0.508 e. The van der Waals surface area contributed by atoms with E-state index in [1.165, 1.54) is 48.5 Å². The van der Waals surface area contributed by atoms with Crippen molar-refractivity contribution in [1.82, 2.24) is 16.0 Å². The number of carbonyl (C=O) groups is 5. The molecule has 13 heteroatoms. The predicted molar refractivity (Wildman–Crippen MR) is 133 cm³/mol. The van der Waals surface area contributed by atoms with Gasteiger partial charge in [-0.2, -0.15) is 0 Å². The molecule has 204 valence electrons. The Morgan fingerprint density at radius 2 is 1.13 bits per heavy atom. The summed E-state index contributed by atoms with van der Waals surface area (Å²) in [5, 5.41) is 44.7. The summed E-state index contributed by atoms with van der Waals surface area (Å²) in [7, 11) is 0. The van der Waals surface area contributed by atoms with E-state index in [-0.39, 0.29) is 30.8 Å². The third-order valence-corrected chi connectivity index (χ3v) is 5.48. The van der Waals surface area contributed by atoms with Crippen molar-refractivity contribution in [2.45, 2.75) is 43.8 Å². The van der Waals surface area contributed by atoms with E-state index in [1.54, 1.807) is 0 Å². The zero-order valence-corrected chi connectivity index (χ0v) is 20.3. The van der Waals surface area contributed by atoms with Gasteiger partial charge in [-0.05, 0) is 41.8 Å². The number of phenols is 2. The van der Waals surface area contributed by atoms with Crippen molar-refractivity contribution in [2.75, 3.05) is 6.54 Å². The van der Waals surface area contributed by atoms with Crippen molar-refractivity contribution in [1.29, 1.82) is 0 Å². The fourth-order valence-corrected chi connectivity index (χ4v) is 3.48. The summed E-state index contributed by atoms with van der Waals surface area (Å²) < 4.78 is 0. The number of carboxylic acid groups (broad SMARTS) is 2. The number of rotatable bonds is 14. The van der Waals surface area contributed by atoms with Crippen LogP contribution in [0.25, 0.3) is 0 Å². The molecule has 0 aliphatic carbocycles. The molecule has 3 atom stereocenters. The quantitative estimate of drug-likeness (QED) is 0.152. The van der Waals surface area contributed by atoms with Crippen LogP contribution in [0.3, 0.4) is 0 Å². The molecule has 3 unspecified atom stereocenters. The van der Waals surface area contributed by atoms with Crippen LogP contribution in [0.2, 0.25) is 0 Å². The molecule has 0 aromatic heterocycles. The van der Waals surface area contributed by atoms with Crippen LogP contribution in [-0.2, 0) is 36.8 Å². The third-order valence-electron chi connectivity index (χ3n) is 5.48. The number of phenolic OH excluding ortho intramolecular Hbond substituents is 2. The molecule has 0 fully saturated rings. The number of aliphatic carboxylic acids is 2. The molecular weight excluding hydrogens is 500 g/mol. The minimum absolute atomic E-state index is 0.00793. The van der Waals surface area contributed by atoms with Crippen LogP contribution in [0.4, 0.5) is 0 Å². The van der Waals surface area contributed by atoms with Crippen molar-refractivity contribution < 1.29 is 44.4 Å². The van der Waals surface area contributed by atoms with Gasteiger partial charge in [0.1, 0.15) is 29.6 Å². The molecule has 13 nitrogen and oxygen atoms in total. The molecule has 2 aromatic carbocycles. The van der Waals surface area contributed by atoms with Gasteiger partial charge in [-0.25, -0.2) is 4.79 Å². The lowest BCUT2D eigenvalue weighted by Crippen LogP contribution is -2.57. The van der Waals surface area contributed by atoms with Gasteiger partial charge in [0.15, 0.2) is 0 Å². The molecule has 0 bridgehead atoms. The molecule has 0 saturated carbocycles. The molecule has 0 radical (unpaired) electrons. The second-order valence-corrected chi connectivity index (χ2v) is 8.46. The summed E-state index contributed by atoms with van der Waals surface area (Å²) in [6.07, 6.45) is -1.04. The van der Waals surface area contributed by atoms with E-state index in [2.05, 4.69) is 16.0 Å². The number of benzene rings is 2. The van der Waals surface area contributed by atoms with Gasteiger partial charge in [0.05, 0.1) is 6.54 Å². The number of nitrogens with one attached hydrogen (secondary N) is 3. The number of carbonyl (C=O) groups excluding carboxylic acids is 3. The Kier molecular flexibility index (Phi) is 11.0. The fraction of sp³-hybridized carbons (Fsp3) is 0.320. The smallest absolute Gasteiger partial charge is 0.326 e. The Morgan fingerprint density at radius 1 is 0.684 bits per heavy atom. The first-order chi connectivity index (χ1) is 18.0. The molecule has 0 spiro atoms. The zero-order valence-electron chi connectivity index (χ0n) is 20.3. The molecule has 2 rings (SSSR count). The van der Waals surface area contributed by atoms with Crippen LogP contribution in [0.5, 0.6) is 11.5 Å². The van der Waals surface area contributed by atoms with E-state index >= 15 is 0 Å². The highest BCUT2D eigenvalue weighted by molar-refractivity contribution is 5.94. The molecule has 38 heavy (non-hydrogen) atoms. The maximum atomic E-state index is 13.1. The van der Waals surface area contributed by atoms with E-state index in [4.69, 9.17) is 10.8 Å². The number of amides is 3. The highest BCUT2D eigenvalue weighted by Crippen LogP contribution is 2.13. The van der Waals surface area contributed by atoms with Crippen LogP contribution in [0.1, 0.15) is 24.0 Å². The van der Waals surface area contributed by atoms with Gasteiger partial charge < -0.3 is 42.1 Å². The maximum Gasteiger partial charge on any atom is 0.326 e. The van der Waals surface area contributed by atoms with Gasteiger partial charge >= 0.3 is 11.9 Å². The standard InChI is InChI=1S/C25H30N4O9/c26-13-21(32)27-19(11-14-1-5-16(30)6-2-14)24(36)28-18(9-10-22(33)34)23(35)29-20(25(37)38)12-15-3-7-17(31)8-4-15/h1-8,18-20,30-31H,9-13,26H2,(H,27,32)(H,28,36)(H,29,35)(H,33,34)(H,37,38). The van der Waals surface area contributed by atoms with Crippen LogP contribution in [0.15, 0.2) is 48.5 Å². The topological polar surface area (TPSA) is 228 Å². The monoisotopic (exact) mass is 530 g/mol. The van der Waals surface area contributed by atoms with Gasteiger partial charge in [-0.15, -0.1) is 0 Å². The molecule has 9 N–H and O–H groups in total.